The standard InChI is InChI=1S/C12H16ClNO2/c1-2-14(6-3-7-15)12-5-4-11(13)8-10(12)9-16/h4-5,8-9,15H,2-3,6-7H2,1H3. The summed E-state index contributed by atoms with van der Waals surface area (Å²) in [5, 5.41) is 9.37. The van der Waals surface area contributed by atoms with Crippen LogP contribution in [-0.4, -0.2) is 31.1 Å². The minimum absolute atomic E-state index is 0.153. The molecule has 0 aromatic heterocycles. The lowest BCUT2D eigenvalue weighted by Gasteiger charge is -2.24. The second kappa shape index (κ2) is 6.51. The minimum Gasteiger partial charge on any atom is -0.396 e. The normalized spacial score (nSPS) is 10.2. The average molecular weight is 242 g/mol. The molecule has 1 aromatic rings. The number of benzene rings is 1. The molecule has 0 atom stereocenters. The number of carbonyl (C=O) groups excluding carboxylic acids is 1. The Hall–Kier alpha value is -1.06. The highest BCUT2D eigenvalue weighted by Gasteiger charge is 2.09. The molecule has 88 valence electrons. The van der Waals surface area contributed by atoms with Gasteiger partial charge in [-0.1, -0.05) is 11.6 Å². The summed E-state index contributed by atoms with van der Waals surface area (Å²) >= 11 is 5.83. The summed E-state index contributed by atoms with van der Waals surface area (Å²) in [6.07, 6.45) is 1.50. The number of aliphatic hydroxyl groups excluding tert-OH is 1. The van der Waals surface area contributed by atoms with Gasteiger partial charge in [-0.15, -0.1) is 0 Å². The van der Waals surface area contributed by atoms with Crippen molar-refractivity contribution in [1.82, 2.24) is 0 Å². The van der Waals surface area contributed by atoms with E-state index in [4.69, 9.17) is 16.7 Å². The number of anilines is 1. The van der Waals surface area contributed by atoms with E-state index in [9.17, 15) is 4.79 Å². The number of nitrogens with zero attached hydrogens (tertiary/aromatic N) is 1. The van der Waals surface area contributed by atoms with Crippen LogP contribution in [0.1, 0.15) is 23.7 Å². The Morgan fingerprint density at radius 3 is 2.81 bits per heavy atom. The molecule has 0 aliphatic rings. The van der Waals surface area contributed by atoms with Crippen molar-refractivity contribution >= 4 is 23.6 Å². The van der Waals surface area contributed by atoms with Gasteiger partial charge in [-0.2, -0.15) is 0 Å². The fourth-order valence-corrected chi connectivity index (χ4v) is 1.80. The molecule has 0 heterocycles. The third-order valence-electron chi connectivity index (χ3n) is 2.43. The first-order valence-corrected chi connectivity index (χ1v) is 5.71. The summed E-state index contributed by atoms with van der Waals surface area (Å²) < 4.78 is 0. The van der Waals surface area contributed by atoms with Crippen LogP contribution in [0.4, 0.5) is 5.69 Å². The van der Waals surface area contributed by atoms with E-state index >= 15 is 0 Å². The van der Waals surface area contributed by atoms with Crippen molar-refractivity contribution in [1.29, 1.82) is 0 Å². The topological polar surface area (TPSA) is 40.5 Å². The smallest absolute Gasteiger partial charge is 0.152 e. The third kappa shape index (κ3) is 3.22. The van der Waals surface area contributed by atoms with Gasteiger partial charge in [0.15, 0.2) is 6.29 Å². The fraction of sp³-hybridized carbons (Fsp3) is 0.417. The maximum absolute atomic E-state index is 10.9. The summed E-state index contributed by atoms with van der Waals surface area (Å²) in [5.41, 5.74) is 1.46. The molecule has 0 aliphatic heterocycles. The van der Waals surface area contributed by atoms with E-state index in [2.05, 4.69) is 4.90 Å². The van der Waals surface area contributed by atoms with E-state index in [1.54, 1.807) is 12.1 Å². The molecule has 0 unspecified atom stereocenters. The van der Waals surface area contributed by atoms with Crippen molar-refractivity contribution in [3.05, 3.63) is 28.8 Å². The van der Waals surface area contributed by atoms with Gasteiger partial charge in [0.25, 0.3) is 0 Å². The van der Waals surface area contributed by atoms with Crippen LogP contribution in [0.2, 0.25) is 5.02 Å². The molecular formula is C12H16ClNO2. The number of hydrogen-bond acceptors (Lipinski definition) is 3. The Kier molecular flexibility index (Phi) is 5.29. The SMILES string of the molecule is CCN(CCCO)c1ccc(Cl)cc1C=O. The maximum Gasteiger partial charge on any atom is 0.152 e. The van der Waals surface area contributed by atoms with Gasteiger partial charge in [0, 0.05) is 36.0 Å². The molecule has 16 heavy (non-hydrogen) atoms. The maximum atomic E-state index is 10.9. The zero-order chi connectivity index (χ0) is 12.0. The van der Waals surface area contributed by atoms with Crippen molar-refractivity contribution in [3.8, 4) is 0 Å². The lowest BCUT2D eigenvalue weighted by Crippen LogP contribution is -2.25. The van der Waals surface area contributed by atoms with Crippen molar-refractivity contribution in [2.24, 2.45) is 0 Å². The quantitative estimate of drug-likeness (QED) is 0.778. The van der Waals surface area contributed by atoms with Crippen molar-refractivity contribution < 1.29 is 9.90 Å². The molecule has 0 amide bonds. The van der Waals surface area contributed by atoms with Gasteiger partial charge in [0.2, 0.25) is 0 Å². The molecule has 0 saturated carbocycles. The van der Waals surface area contributed by atoms with E-state index < -0.39 is 0 Å². The summed E-state index contributed by atoms with van der Waals surface area (Å²) in [6, 6.07) is 5.27. The highest BCUT2D eigenvalue weighted by molar-refractivity contribution is 6.31. The predicted molar refractivity (Wildman–Crippen MR) is 66.4 cm³/mol. The first-order valence-electron chi connectivity index (χ1n) is 5.33. The van der Waals surface area contributed by atoms with Crippen LogP contribution in [0, 0.1) is 0 Å². The lowest BCUT2D eigenvalue weighted by molar-refractivity contribution is 0.112. The number of halogens is 1. The monoisotopic (exact) mass is 241 g/mol. The van der Waals surface area contributed by atoms with E-state index in [1.165, 1.54) is 0 Å². The van der Waals surface area contributed by atoms with Gasteiger partial charge in [0.1, 0.15) is 0 Å². The molecule has 0 saturated heterocycles. The molecule has 1 rings (SSSR count). The second-order valence-corrected chi connectivity index (χ2v) is 3.91. The Labute approximate surface area is 101 Å². The molecule has 3 nitrogen and oxygen atoms in total. The van der Waals surface area contributed by atoms with E-state index in [0.29, 0.717) is 17.0 Å². The molecule has 0 bridgehead atoms. The second-order valence-electron chi connectivity index (χ2n) is 3.48. The van der Waals surface area contributed by atoms with Crippen LogP contribution in [-0.2, 0) is 0 Å². The molecule has 0 fully saturated rings. The van der Waals surface area contributed by atoms with Gasteiger partial charge < -0.3 is 10.0 Å². The van der Waals surface area contributed by atoms with Crippen molar-refractivity contribution in [2.45, 2.75) is 13.3 Å². The number of aldehydes is 1. The largest absolute Gasteiger partial charge is 0.396 e. The van der Waals surface area contributed by atoms with Crippen LogP contribution in [0.15, 0.2) is 18.2 Å². The molecule has 1 aromatic carbocycles. The number of hydrogen-bond donors (Lipinski definition) is 1. The predicted octanol–water partition coefficient (Wildman–Crippen LogP) is 2.36. The van der Waals surface area contributed by atoms with E-state index in [-0.39, 0.29) is 6.61 Å². The van der Waals surface area contributed by atoms with Crippen LogP contribution in [0.5, 0.6) is 0 Å². The molecule has 0 spiro atoms. The molecule has 4 heteroatoms. The first kappa shape index (κ1) is 13.0. The Balaban J connectivity index is 2.94. The van der Waals surface area contributed by atoms with Crippen LogP contribution in [0.3, 0.4) is 0 Å². The first-order chi connectivity index (χ1) is 7.72. The number of aliphatic hydroxyl groups is 1. The zero-order valence-electron chi connectivity index (χ0n) is 9.32. The van der Waals surface area contributed by atoms with Crippen LogP contribution >= 0.6 is 11.6 Å². The van der Waals surface area contributed by atoms with Gasteiger partial charge in [-0.3, -0.25) is 4.79 Å². The fourth-order valence-electron chi connectivity index (χ4n) is 1.62. The van der Waals surface area contributed by atoms with Gasteiger partial charge >= 0.3 is 0 Å². The number of rotatable bonds is 6. The molecule has 0 aliphatic carbocycles. The molecule has 0 radical (unpaired) electrons. The van der Waals surface area contributed by atoms with Crippen molar-refractivity contribution in [2.75, 3.05) is 24.6 Å². The molecule has 1 N–H and O–H groups in total. The minimum atomic E-state index is 0.153. The Morgan fingerprint density at radius 1 is 1.50 bits per heavy atom. The van der Waals surface area contributed by atoms with Crippen LogP contribution in [0.25, 0.3) is 0 Å². The van der Waals surface area contributed by atoms with Crippen molar-refractivity contribution in [3.63, 3.8) is 0 Å². The summed E-state index contributed by atoms with van der Waals surface area (Å²) in [7, 11) is 0. The van der Waals surface area contributed by atoms with E-state index in [1.807, 2.05) is 13.0 Å². The zero-order valence-corrected chi connectivity index (χ0v) is 10.1. The highest BCUT2D eigenvalue weighted by atomic mass is 35.5. The highest BCUT2D eigenvalue weighted by Crippen LogP contribution is 2.23. The van der Waals surface area contributed by atoms with Gasteiger partial charge in [-0.05, 0) is 31.5 Å². The van der Waals surface area contributed by atoms with Gasteiger partial charge in [0.05, 0.1) is 0 Å². The Morgan fingerprint density at radius 2 is 2.25 bits per heavy atom. The Bertz CT molecular complexity index is 355. The van der Waals surface area contributed by atoms with E-state index in [0.717, 1.165) is 25.1 Å². The lowest BCUT2D eigenvalue weighted by atomic mass is 10.1. The summed E-state index contributed by atoms with van der Waals surface area (Å²) in [6.45, 7) is 3.69. The van der Waals surface area contributed by atoms with Gasteiger partial charge in [-0.25, -0.2) is 0 Å². The average Bonchev–Trinajstić information content (AvgIpc) is 2.31. The summed E-state index contributed by atoms with van der Waals surface area (Å²) in [5.74, 6) is 0. The van der Waals surface area contributed by atoms with Crippen LogP contribution < -0.4 is 4.90 Å². The summed E-state index contributed by atoms with van der Waals surface area (Å²) in [4.78, 5) is 13.0. The molecular weight excluding hydrogens is 226 g/mol. The third-order valence-corrected chi connectivity index (χ3v) is 2.66. The number of carbonyl (C=O) groups is 1.